The molecule has 1 heterocycles. The van der Waals surface area contributed by atoms with Crippen LogP contribution in [0.1, 0.15) is 19.8 Å². The van der Waals surface area contributed by atoms with Crippen LogP contribution in [0, 0.1) is 5.82 Å². The first-order valence-corrected chi connectivity index (χ1v) is 8.13. The normalized spacial score (nSPS) is 20.4. The van der Waals surface area contributed by atoms with Crippen LogP contribution in [0.3, 0.4) is 0 Å². The molecule has 0 radical (unpaired) electrons. The fraction of sp³-hybridized carbons (Fsp3) is 0.500. The average molecular weight is 352 g/mol. The quantitative estimate of drug-likeness (QED) is 0.887. The molecule has 4 nitrogen and oxygen atoms in total. The standard InChI is InChI=1S/C12H15BrFNO3S/c1-12(16)4-6-15(7-5-12)19(17,18)11-3-2-9(13)8-10(11)14/h2-3,8,16H,4-7H2,1H3. The molecule has 1 aromatic rings. The van der Waals surface area contributed by atoms with E-state index in [0.717, 1.165) is 6.07 Å². The third-order valence-corrected chi connectivity index (χ3v) is 5.74. The summed E-state index contributed by atoms with van der Waals surface area (Å²) in [4.78, 5) is -0.322. The predicted octanol–water partition coefficient (Wildman–Crippen LogP) is 2.12. The SMILES string of the molecule is CC1(O)CCN(S(=O)(=O)c2ccc(Br)cc2F)CC1. The highest BCUT2D eigenvalue weighted by molar-refractivity contribution is 9.10. The van der Waals surface area contributed by atoms with E-state index in [-0.39, 0.29) is 18.0 Å². The van der Waals surface area contributed by atoms with Crippen molar-refractivity contribution in [2.75, 3.05) is 13.1 Å². The minimum atomic E-state index is -3.83. The summed E-state index contributed by atoms with van der Waals surface area (Å²) in [7, 11) is -3.83. The van der Waals surface area contributed by atoms with E-state index >= 15 is 0 Å². The Morgan fingerprint density at radius 1 is 1.37 bits per heavy atom. The Morgan fingerprint density at radius 3 is 2.47 bits per heavy atom. The molecule has 1 saturated heterocycles. The largest absolute Gasteiger partial charge is 0.390 e. The first-order chi connectivity index (χ1) is 8.72. The molecule has 106 valence electrons. The minimum Gasteiger partial charge on any atom is -0.390 e. The zero-order valence-corrected chi connectivity index (χ0v) is 12.8. The van der Waals surface area contributed by atoms with Gasteiger partial charge in [0.15, 0.2) is 0 Å². The second kappa shape index (κ2) is 5.12. The van der Waals surface area contributed by atoms with E-state index in [1.807, 2.05) is 0 Å². The van der Waals surface area contributed by atoms with Crippen molar-refractivity contribution in [1.29, 1.82) is 0 Å². The van der Waals surface area contributed by atoms with E-state index in [2.05, 4.69) is 15.9 Å². The number of nitrogens with zero attached hydrogens (tertiary/aromatic N) is 1. The average Bonchev–Trinajstić information content (AvgIpc) is 2.27. The molecule has 0 bridgehead atoms. The van der Waals surface area contributed by atoms with Crippen molar-refractivity contribution >= 4 is 26.0 Å². The second-order valence-corrected chi connectivity index (χ2v) is 7.80. The Balaban J connectivity index is 2.28. The van der Waals surface area contributed by atoms with Gasteiger partial charge in [0.05, 0.1) is 5.60 Å². The highest BCUT2D eigenvalue weighted by atomic mass is 79.9. The van der Waals surface area contributed by atoms with Crippen molar-refractivity contribution in [3.8, 4) is 0 Å². The van der Waals surface area contributed by atoms with Crippen LogP contribution in [0.25, 0.3) is 0 Å². The topological polar surface area (TPSA) is 57.6 Å². The van der Waals surface area contributed by atoms with Gasteiger partial charge in [-0.3, -0.25) is 0 Å². The van der Waals surface area contributed by atoms with E-state index in [4.69, 9.17) is 0 Å². The maximum atomic E-state index is 13.8. The van der Waals surface area contributed by atoms with Crippen LogP contribution in [-0.2, 0) is 10.0 Å². The van der Waals surface area contributed by atoms with Crippen molar-refractivity contribution < 1.29 is 17.9 Å². The Bertz CT molecular complexity index is 579. The lowest BCUT2D eigenvalue weighted by Gasteiger charge is -2.34. The fourth-order valence-corrected chi connectivity index (χ4v) is 3.85. The molecular formula is C12H15BrFNO3S. The molecule has 1 aliphatic heterocycles. The Kier molecular flexibility index (Phi) is 4.02. The second-order valence-electron chi connectivity index (χ2n) is 4.98. The van der Waals surface area contributed by atoms with Gasteiger partial charge in [-0.15, -0.1) is 0 Å². The Hall–Kier alpha value is -0.500. The maximum absolute atomic E-state index is 13.8. The van der Waals surface area contributed by atoms with E-state index < -0.39 is 21.4 Å². The van der Waals surface area contributed by atoms with Gasteiger partial charge in [-0.05, 0) is 38.0 Å². The van der Waals surface area contributed by atoms with Gasteiger partial charge in [-0.2, -0.15) is 4.31 Å². The molecule has 1 aromatic carbocycles. The van der Waals surface area contributed by atoms with Crippen LogP contribution in [0.4, 0.5) is 4.39 Å². The lowest BCUT2D eigenvalue weighted by atomic mass is 9.95. The van der Waals surface area contributed by atoms with Crippen LogP contribution >= 0.6 is 15.9 Å². The van der Waals surface area contributed by atoms with Crippen LogP contribution in [0.15, 0.2) is 27.6 Å². The summed E-state index contributed by atoms with van der Waals surface area (Å²) in [6.45, 7) is 2.08. The van der Waals surface area contributed by atoms with Crippen molar-refractivity contribution in [2.24, 2.45) is 0 Å². The number of halogens is 2. The first-order valence-electron chi connectivity index (χ1n) is 5.90. The highest BCUT2D eigenvalue weighted by Crippen LogP contribution is 2.28. The number of hydrogen-bond donors (Lipinski definition) is 1. The third kappa shape index (κ3) is 3.16. The number of benzene rings is 1. The first kappa shape index (κ1) is 14.9. The minimum absolute atomic E-state index is 0.199. The molecule has 0 amide bonds. The van der Waals surface area contributed by atoms with Gasteiger partial charge in [0.1, 0.15) is 10.7 Å². The molecule has 7 heteroatoms. The summed E-state index contributed by atoms with van der Waals surface area (Å²) in [5.41, 5.74) is -0.843. The van der Waals surface area contributed by atoms with Gasteiger partial charge in [0.25, 0.3) is 0 Å². The van der Waals surface area contributed by atoms with Crippen LogP contribution < -0.4 is 0 Å². The highest BCUT2D eigenvalue weighted by Gasteiger charge is 2.35. The van der Waals surface area contributed by atoms with Gasteiger partial charge in [-0.25, -0.2) is 12.8 Å². The van der Waals surface area contributed by atoms with Gasteiger partial charge in [-0.1, -0.05) is 15.9 Å². The smallest absolute Gasteiger partial charge is 0.245 e. The molecule has 2 rings (SSSR count). The van der Waals surface area contributed by atoms with Gasteiger partial charge < -0.3 is 5.11 Å². The lowest BCUT2D eigenvalue weighted by Crippen LogP contribution is -2.45. The van der Waals surface area contributed by atoms with E-state index in [1.54, 1.807) is 6.92 Å². The number of sulfonamides is 1. The Morgan fingerprint density at radius 2 is 1.95 bits per heavy atom. The molecule has 0 saturated carbocycles. The predicted molar refractivity (Wildman–Crippen MR) is 72.7 cm³/mol. The molecule has 1 N–H and O–H groups in total. The van der Waals surface area contributed by atoms with Crippen LogP contribution in [-0.4, -0.2) is 36.5 Å². The summed E-state index contributed by atoms with van der Waals surface area (Å²) >= 11 is 3.09. The van der Waals surface area contributed by atoms with E-state index in [1.165, 1.54) is 16.4 Å². The summed E-state index contributed by atoms with van der Waals surface area (Å²) in [5, 5.41) is 9.82. The van der Waals surface area contributed by atoms with E-state index in [9.17, 15) is 17.9 Å². The van der Waals surface area contributed by atoms with Gasteiger partial charge in [0.2, 0.25) is 10.0 Å². The number of piperidine rings is 1. The summed E-state index contributed by atoms with van der Waals surface area (Å²) < 4.78 is 40.1. The third-order valence-electron chi connectivity index (χ3n) is 3.31. The molecule has 19 heavy (non-hydrogen) atoms. The van der Waals surface area contributed by atoms with Crippen molar-refractivity contribution in [1.82, 2.24) is 4.31 Å². The lowest BCUT2D eigenvalue weighted by molar-refractivity contribution is 0.0126. The van der Waals surface area contributed by atoms with Gasteiger partial charge in [0, 0.05) is 17.6 Å². The number of rotatable bonds is 2. The molecule has 1 fully saturated rings. The van der Waals surface area contributed by atoms with Crippen LogP contribution in [0.2, 0.25) is 0 Å². The zero-order chi connectivity index (χ0) is 14.3. The van der Waals surface area contributed by atoms with Gasteiger partial charge >= 0.3 is 0 Å². The number of aliphatic hydroxyl groups is 1. The molecule has 1 aliphatic rings. The molecule has 0 spiro atoms. The number of hydrogen-bond acceptors (Lipinski definition) is 3. The maximum Gasteiger partial charge on any atom is 0.245 e. The summed E-state index contributed by atoms with van der Waals surface area (Å²) in [6, 6.07) is 3.88. The molecular weight excluding hydrogens is 337 g/mol. The monoisotopic (exact) mass is 351 g/mol. The van der Waals surface area contributed by atoms with Crippen molar-refractivity contribution in [3.05, 3.63) is 28.5 Å². The van der Waals surface area contributed by atoms with Crippen molar-refractivity contribution in [3.63, 3.8) is 0 Å². The fourth-order valence-electron chi connectivity index (χ4n) is 2.03. The molecule has 0 unspecified atom stereocenters. The van der Waals surface area contributed by atoms with Crippen LogP contribution in [0.5, 0.6) is 0 Å². The van der Waals surface area contributed by atoms with Crippen molar-refractivity contribution in [2.45, 2.75) is 30.3 Å². The Labute approximate surface area is 120 Å². The summed E-state index contributed by atoms with van der Waals surface area (Å²) in [5.74, 6) is -0.772. The molecule has 0 atom stereocenters. The van der Waals surface area contributed by atoms with E-state index in [0.29, 0.717) is 17.3 Å². The zero-order valence-electron chi connectivity index (χ0n) is 10.4. The summed E-state index contributed by atoms with van der Waals surface area (Å²) in [6.07, 6.45) is 0.703. The molecule has 0 aliphatic carbocycles. The molecule has 0 aromatic heterocycles.